The van der Waals surface area contributed by atoms with E-state index < -0.39 is 11.5 Å². The van der Waals surface area contributed by atoms with Gasteiger partial charge >= 0.3 is 0 Å². The molecular weight excluding hydrogens is 584 g/mol. The van der Waals surface area contributed by atoms with Gasteiger partial charge in [-0.1, -0.05) is 24.3 Å². The summed E-state index contributed by atoms with van der Waals surface area (Å²) < 4.78 is 11.4. The summed E-state index contributed by atoms with van der Waals surface area (Å²) in [6, 6.07) is 10.8. The number of rotatable bonds is 2. The number of anilines is 1. The molecule has 0 radical (unpaired) electrons. The van der Waals surface area contributed by atoms with E-state index in [-0.39, 0.29) is 17.7 Å². The molecule has 4 heterocycles. The lowest BCUT2D eigenvalue weighted by molar-refractivity contribution is -0.132. The first-order valence-electron chi connectivity index (χ1n) is 15.5. The van der Waals surface area contributed by atoms with Crippen LogP contribution in [0.25, 0.3) is 17.0 Å². The lowest BCUT2D eigenvalue weighted by Gasteiger charge is -2.25. The van der Waals surface area contributed by atoms with Crippen molar-refractivity contribution in [3.05, 3.63) is 93.8 Å². The minimum atomic E-state index is -0.814. The molecule has 2 aromatic heterocycles. The predicted molar refractivity (Wildman–Crippen MR) is 172 cm³/mol. The van der Waals surface area contributed by atoms with Crippen molar-refractivity contribution in [2.45, 2.75) is 37.6 Å². The van der Waals surface area contributed by atoms with Crippen LogP contribution in [0, 0.1) is 6.92 Å². The van der Waals surface area contributed by atoms with E-state index in [0.717, 1.165) is 44.3 Å². The second-order valence-electron chi connectivity index (χ2n) is 12.4. The van der Waals surface area contributed by atoms with E-state index >= 15 is 0 Å². The van der Waals surface area contributed by atoms with Gasteiger partial charge in [0.05, 0.1) is 43.6 Å². The van der Waals surface area contributed by atoms with E-state index in [4.69, 9.17) is 9.47 Å². The quantitative estimate of drug-likeness (QED) is 0.313. The number of aromatic nitrogens is 3. The van der Waals surface area contributed by atoms with Crippen LogP contribution >= 0.6 is 0 Å². The molecule has 7 rings (SSSR count). The van der Waals surface area contributed by atoms with Crippen molar-refractivity contribution < 1.29 is 23.9 Å². The van der Waals surface area contributed by atoms with Crippen LogP contribution in [0.3, 0.4) is 0 Å². The number of amides is 3. The fraction of sp³-hybridized carbons (Fsp3) is 0.343. The summed E-state index contributed by atoms with van der Waals surface area (Å²) in [5.41, 5.74) is 6.21. The minimum Gasteiger partial charge on any atom is -0.377 e. The molecule has 0 saturated carbocycles. The molecule has 0 unspecified atom stereocenters. The molecule has 0 saturated heterocycles. The molecule has 11 heteroatoms. The maximum atomic E-state index is 13.8. The van der Waals surface area contributed by atoms with Gasteiger partial charge in [0.15, 0.2) is 0 Å². The third kappa shape index (κ3) is 5.56. The number of aromatic amines is 1. The molecule has 5 bridgehead atoms. The molecule has 236 valence electrons. The molecule has 3 amide bonds. The zero-order chi connectivity index (χ0) is 31.8. The Balaban J connectivity index is 1.20. The number of H-pyrrole nitrogens is 1. The molecule has 4 aromatic rings. The van der Waals surface area contributed by atoms with Crippen LogP contribution in [0.15, 0.2) is 54.9 Å². The van der Waals surface area contributed by atoms with E-state index in [9.17, 15) is 14.4 Å². The number of aryl methyl sites for hydroxylation is 1. The van der Waals surface area contributed by atoms with E-state index in [1.54, 1.807) is 30.4 Å². The number of carbonyl (C=O) groups excluding carboxylic acids is 3. The lowest BCUT2D eigenvalue weighted by atomic mass is 9.79. The number of nitrogens with zero attached hydrogens (tertiary/aromatic N) is 3. The number of hydrogen-bond donors (Lipinski definition) is 3. The van der Waals surface area contributed by atoms with Gasteiger partial charge in [0.25, 0.3) is 5.91 Å². The van der Waals surface area contributed by atoms with Crippen molar-refractivity contribution in [3.63, 3.8) is 0 Å². The van der Waals surface area contributed by atoms with Crippen molar-refractivity contribution in [1.29, 1.82) is 0 Å². The molecule has 2 aliphatic heterocycles. The number of benzene rings is 2. The highest BCUT2D eigenvalue weighted by atomic mass is 16.5. The number of pyridine rings is 1. The first-order valence-corrected chi connectivity index (χ1v) is 15.5. The van der Waals surface area contributed by atoms with Gasteiger partial charge in [0.1, 0.15) is 11.9 Å². The summed E-state index contributed by atoms with van der Waals surface area (Å²) in [5, 5.41) is 14.1. The first kappa shape index (κ1) is 29.8. The van der Waals surface area contributed by atoms with Gasteiger partial charge in [-0.2, -0.15) is 5.10 Å². The van der Waals surface area contributed by atoms with Crippen LogP contribution in [0.4, 0.5) is 5.82 Å². The predicted octanol–water partition coefficient (Wildman–Crippen LogP) is 3.11. The highest BCUT2D eigenvalue weighted by Crippen LogP contribution is 2.47. The number of likely N-dealkylation sites (N-methyl/N-ethyl adjacent to an activating group) is 1. The Morgan fingerprint density at radius 3 is 2.74 bits per heavy atom. The second-order valence-corrected chi connectivity index (χ2v) is 12.4. The third-order valence-corrected chi connectivity index (χ3v) is 9.24. The number of carbonyl (C=O) groups is 3. The second kappa shape index (κ2) is 12.1. The normalized spacial score (nSPS) is 22.8. The van der Waals surface area contributed by atoms with Gasteiger partial charge in [-0.25, -0.2) is 4.98 Å². The largest absolute Gasteiger partial charge is 0.377 e. The Labute approximate surface area is 266 Å². The van der Waals surface area contributed by atoms with Gasteiger partial charge in [0, 0.05) is 42.7 Å². The van der Waals surface area contributed by atoms with Crippen LogP contribution in [0.5, 0.6) is 0 Å². The van der Waals surface area contributed by atoms with E-state index in [1.165, 1.54) is 0 Å². The molecule has 3 N–H and O–H groups in total. The van der Waals surface area contributed by atoms with Crippen LogP contribution < -0.4 is 10.6 Å². The average molecular weight is 621 g/mol. The van der Waals surface area contributed by atoms with Crippen molar-refractivity contribution in [2.75, 3.05) is 45.3 Å². The van der Waals surface area contributed by atoms with Crippen LogP contribution in [-0.4, -0.2) is 83.9 Å². The molecule has 2 aromatic carbocycles. The summed E-state index contributed by atoms with van der Waals surface area (Å²) in [4.78, 5) is 47.1. The molecule has 11 nitrogen and oxygen atoms in total. The lowest BCUT2D eigenvalue weighted by Crippen LogP contribution is -2.49. The highest BCUT2D eigenvalue weighted by Gasteiger charge is 2.51. The van der Waals surface area contributed by atoms with Crippen LogP contribution in [0.1, 0.15) is 43.7 Å². The molecular formula is C35H36N6O5. The third-order valence-electron chi connectivity index (χ3n) is 9.24. The number of ether oxygens (including phenoxy) is 2. The summed E-state index contributed by atoms with van der Waals surface area (Å²) in [6.07, 6.45) is 8.62. The zero-order valence-electron chi connectivity index (χ0n) is 25.9. The summed E-state index contributed by atoms with van der Waals surface area (Å²) in [6.45, 7) is 3.87. The molecule has 1 aliphatic carbocycles. The van der Waals surface area contributed by atoms with Gasteiger partial charge in [-0.3, -0.25) is 19.5 Å². The van der Waals surface area contributed by atoms with Crippen molar-refractivity contribution in [3.8, 4) is 0 Å². The Bertz CT molecular complexity index is 1880. The molecule has 1 spiro atoms. The maximum Gasteiger partial charge on any atom is 0.251 e. The van der Waals surface area contributed by atoms with Crippen molar-refractivity contribution in [1.82, 2.24) is 25.4 Å². The molecule has 46 heavy (non-hydrogen) atoms. The summed E-state index contributed by atoms with van der Waals surface area (Å²) in [5.74, 6) is -0.0783. The average Bonchev–Trinajstić information content (AvgIpc) is 3.75. The Kier molecular flexibility index (Phi) is 7.87. The maximum absolute atomic E-state index is 13.8. The Hall–Kier alpha value is -4.87. The monoisotopic (exact) mass is 620 g/mol. The topological polar surface area (TPSA) is 139 Å². The van der Waals surface area contributed by atoms with Crippen LogP contribution in [-0.2, 0) is 43.7 Å². The van der Waals surface area contributed by atoms with Crippen molar-refractivity contribution in [2.24, 2.45) is 0 Å². The van der Waals surface area contributed by atoms with Crippen molar-refractivity contribution >= 4 is 40.5 Å². The van der Waals surface area contributed by atoms with E-state index in [1.807, 2.05) is 49.4 Å². The fourth-order valence-electron chi connectivity index (χ4n) is 6.79. The molecule has 2 atom stereocenters. The summed E-state index contributed by atoms with van der Waals surface area (Å²) in [7, 11) is 1.72. The summed E-state index contributed by atoms with van der Waals surface area (Å²) >= 11 is 0. The molecule has 3 aliphatic rings. The van der Waals surface area contributed by atoms with Gasteiger partial charge in [0.2, 0.25) is 11.8 Å². The Morgan fingerprint density at radius 1 is 1.00 bits per heavy atom. The number of nitrogens with one attached hydrogen (secondary N) is 3. The molecule has 0 fully saturated rings. The van der Waals surface area contributed by atoms with E-state index in [2.05, 4.69) is 25.8 Å². The highest BCUT2D eigenvalue weighted by molar-refractivity contribution is 6.06. The van der Waals surface area contributed by atoms with Gasteiger partial charge in [-0.05, 0) is 71.8 Å². The minimum absolute atomic E-state index is 0.0882. The number of hydrogen-bond acceptors (Lipinski definition) is 7. The van der Waals surface area contributed by atoms with Gasteiger partial charge < -0.3 is 25.0 Å². The zero-order valence-corrected chi connectivity index (χ0v) is 25.9. The standard InChI is InChI=1S/C35H36N6O5/c1-21-12-23(13-27-20-37-40-30(21)27)15-29-33(43)41(2)7-9-46-11-10-45-8-3-4-22-14-28-31(36-19-22)39-34(44)35(28)17-25-6-5-24(32(42)38-29)16-26(25)18-35/h3-6,12-14,16,19-20,29H,7-11,15,17-18H2,1-2H3,(H,37,40)(H,38,42)(H,36,39,44)/b4-3+/t29-,35+/m1/s1. The first-order chi connectivity index (χ1) is 22.3. The van der Waals surface area contributed by atoms with Gasteiger partial charge in [-0.15, -0.1) is 0 Å². The van der Waals surface area contributed by atoms with E-state index in [0.29, 0.717) is 63.6 Å². The number of fused-ring (bicyclic) bond motifs is 3. The smallest absolute Gasteiger partial charge is 0.251 e. The SMILES string of the molecule is Cc1cc(C[C@H]2NC(=O)c3ccc4c(c3)C[C@]3(C4)C(=O)Nc4ncc(cc43)/C=C/COCCOCCN(C)C2=O)cc2cn[nH]c12. The Morgan fingerprint density at radius 2 is 1.85 bits per heavy atom. The fourth-order valence-corrected chi connectivity index (χ4v) is 6.79. The van der Waals surface area contributed by atoms with Crippen LogP contribution in [0.2, 0.25) is 0 Å².